The van der Waals surface area contributed by atoms with Crippen molar-refractivity contribution in [3.63, 3.8) is 0 Å². The van der Waals surface area contributed by atoms with Crippen molar-refractivity contribution in [3.05, 3.63) is 132 Å². The molecule has 0 atom stereocenters. The number of aromatic amines is 2. The number of ketones is 2. The number of hydrogen-bond acceptors (Lipinski definition) is 6. The van der Waals surface area contributed by atoms with E-state index in [1.165, 1.54) is 24.3 Å². The SMILES string of the molecule is O=C1CCCc2[nH]c(-c3ccncc3)c(Nc3ccc(F)cc3)c21.O=C1CCCc2[nH]c(-c3ccncc3)c(Nc3cccc(F)c3)c21. The number of nitrogens with zero attached hydrogens (tertiary/aromatic N) is 2. The number of halogens is 2. The average Bonchev–Trinajstić information content (AvgIpc) is 3.67. The van der Waals surface area contributed by atoms with E-state index in [0.29, 0.717) is 29.8 Å². The van der Waals surface area contributed by atoms with Gasteiger partial charge in [0, 0.05) is 71.5 Å². The quantitative estimate of drug-likeness (QED) is 0.144. The molecule has 240 valence electrons. The fourth-order valence-electron chi connectivity index (χ4n) is 6.30. The van der Waals surface area contributed by atoms with Crippen LogP contribution < -0.4 is 10.6 Å². The smallest absolute Gasteiger partial charge is 0.166 e. The Morgan fingerprint density at radius 3 is 1.56 bits per heavy atom. The van der Waals surface area contributed by atoms with E-state index in [1.54, 1.807) is 49.1 Å². The van der Waals surface area contributed by atoms with Crippen molar-refractivity contribution in [2.24, 2.45) is 0 Å². The van der Waals surface area contributed by atoms with Crippen molar-refractivity contribution in [2.45, 2.75) is 38.5 Å². The summed E-state index contributed by atoms with van der Waals surface area (Å²) in [6, 6.07) is 19.9. The van der Waals surface area contributed by atoms with E-state index >= 15 is 0 Å². The highest BCUT2D eigenvalue weighted by Gasteiger charge is 2.28. The fraction of sp³-hybridized carbons (Fsp3) is 0.158. The van der Waals surface area contributed by atoms with E-state index in [-0.39, 0.29) is 23.2 Å². The van der Waals surface area contributed by atoms with Crippen molar-refractivity contribution in [3.8, 4) is 22.5 Å². The molecule has 0 spiro atoms. The number of carbonyl (C=O) groups excluding carboxylic acids is 2. The Morgan fingerprint density at radius 1 is 0.562 bits per heavy atom. The summed E-state index contributed by atoms with van der Waals surface area (Å²) in [7, 11) is 0. The fourth-order valence-corrected chi connectivity index (χ4v) is 6.30. The molecular formula is C38H32F2N6O2. The molecule has 2 aromatic carbocycles. The minimum atomic E-state index is -0.318. The molecule has 0 bridgehead atoms. The van der Waals surface area contributed by atoms with Crippen LogP contribution in [0.1, 0.15) is 57.8 Å². The molecule has 2 aliphatic carbocycles. The third kappa shape index (κ3) is 6.37. The standard InChI is InChI=1S/2C19H16FN3O/c20-13-3-1-4-14(11-13)22-19-17-15(5-2-6-16(17)24)23-18(19)12-7-9-21-10-8-12;20-13-4-6-14(7-5-13)22-19-17-15(2-1-3-16(17)24)23-18(19)12-8-10-21-11-9-12/h1,3-4,7-11,22-23H,2,5-6H2;4-11,22-23H,1-3H2. The molecule has 8 rings (SSSR count). The first-order valence-electron chi connectivity index (χ1n) is 15.9. The Labute approximate surface area is 275 Å². The lowest BCUT2D eigenvalue weighted by molar-refractivity contribution is 0.0965. The van der Waals surface area contributed by atoms with Gasteiger partial charge in [0.1, 0.15) is 11.6 Å². The lowest BCUT2D eigenvalue weighted by Crippen LogP contribution is -2.10. The normalized spacial score (nSPS) is 13.6. The van der Waals surface area contributed by atoms with E-state index in [1.807, 2.05) is 24.3 Å². The Kier molecular flexibility index (Phi) is 8.61. The van der Waals surface area contributed by atoms with Crippen molar-refractivity contribution >= 4 is 34.3 Å². The Bertz CT molecular complexity index is 2090. The molecule has 0 saturated carbocycles. The molecule has 10 heteroatoms. The monoisotopic (exact) mass is 642 g/mol. The second-order valence-electron chi connectivity index (χ2n) is 11.7. The summed E-state index contributed by atoms with van der Waals surface area (Å²) in [4.78, 5) is 39.8. The van der Waals surface area contributed by atoms with Gasteiger partial charge in [0.2, 0.25) is 0 Å². The number of pyridine rings is 2. The zero-order valence-electron chi connectivity index (χ0n) is 25.9. The number of Topliss-reactive ketones (excluding diaryl/α,β-unsaturated/α-hetero) is 2. The van der Waals surface area contributed by atoms with E-state index < -0.39 is 0 Å². The molecule has 6 aromatic rings. The van der Waals surface area contributed by atoms with Gasteiger partial charge in [-0.15, -0.1) is 0 Å². The molecule has 0 fully saturated rings. The van der Waals surface area contributed by atoms with Crippen LogP contribution in [0.25, 0.3) is 22.5 Å². The number of fused-ring (bicyclic) bond motifs is 2. The van der Waals surface area contributed by atoms with Crippen molar-refractivity contribution in [1.29, 1.82) is 0 Å². The van der Waals surface area contributed by atoms with Crippen LogP contribution in [0.4, 0.5) is 31.5 Å². The van der Waals surface area contributed by atoms with Crippen LogP contribution in [0.2, 0.25) is 0 Å². The molecule has 0 aliphatic heterocycles. The number of aromatic nitrogens is 4. The Balaban J connectivity index is 0.000000152. The summed E-state index contributed by atoms with van der Waals surface area (Å²) in [6.45, 7) is 0. The number of carbonyl (C=O) groups is 2. The van der Waals surface area contributed by atoms with Crippen LogP contribution in [-0.2, 0) is 12.8 Å². The Hall–Kier alpha value is -5.90. The molecule has 4 aromatic heterocycles. The van der Waals surface area contributed by atoms with Gasteiger partial charge < -0.3 is 20.6 Å². The highest BCUT2D eigenvalue weighted by molar-refractivity contribution is 6.08. The van der Waals surface area contributed by atoms with Crippen LogP contribution in [0.5, 0.6) is 0 Å². The predicted molar refractivity (Wildman–Crippen MR) is 182 cm³/mol. The van der Waals surface area contributed by atoms with Crippen LogP contribution >= 0.6 is 0 Å². The highest BCUT2D eigenvalue weighted by Crippen LogP contribution is 2.40. The topological polar surface area (TPSA) is 116 Å². The molecule has 4 heterocycles. The zero-order valence-corrected chi connectivity index (χ0v) is 25.9. The van der Waals surface area contributed by atoms with Crippen LogP contribution in [-0.4, -0.2) is 31.5 Å². The van der Waals surface area contributed by atoms with Crippen molar-refractivity contribution in [2.75, 3.05) is 10.6 Å². The summed E-state index contributed by atoms with van der Waals surface area (Å²) in [5, 5.41) is 6.54. The van der Waals surface area contributed by atoms with E-state index in [2.05, 4.69) is 30.6 Å². The summed E-state index contributed by atoms with van der Waals surface area (Å²) < 4.78 is 26.7. The van der Waals surface area contributed by atoms with Gasteiger partial charge in [-0.1, -0.05) is 6.07 Å². The summed E-state index contributed by atoms with van der Waals surface area (Å²) >= 11 is 0. The first-order valence-corrected chi connectivity index (χ1v) is 15.9. The Morgan fingerprint density at radius 2 is 1.06 bits per heavy atom. The number of rotatable bonds is 6. The summed E-state index contributed by atoms with van der Waals surface area (Å²) in [5.74, 6) is -0.354. The van der Waals surface area contributed by atoms with Crippen LogP contribution in [0, 0.1) is 11.6 Å². The molecule has 0 saturated heterocycles. The molecule has 0 amide bonds. The van der Waals surface area contributed by atoms with Crippen molar-refractivity contribution < 1.29 is 18.4 Å². The lowest BCUT2D eigenvalue weighted by Gasteiger charge is -2.13. The van der Waals surface area contributed by atoms with Crippen LogP contribution in [0.3, 0.4) is 0 Å². The van der Waals surface area contributed by atoms with E-state index in [0.717, 1.165) is 76.5 Å². The maximum absolute atomic E-state index is 13.5. The number of anilines is 4. The largest absolute Gasteiger partial charge is 0.356 e. The lowest BCUT2D eigenvalue weighted by atomic mass is 9.95. The van der Waals surface area contributed by atoms with E-state index in [4.69, 9.17) is 0 Å². The predicted octanol–water partition coefficient (Wildman–Crippen LogP) is 8.96. The maximum atomic E-state index is 13.5. The van der Waals surface area contributed by atoms with Gasteiger partial charge in [-0.05, 0) is 92.4 Å². The van der Waals surface area contributed by atoms with Gasteiger partial charge >= 0.3 is 0 Å². The van der Waals surface area contributed by atoms with Gasteiger partial charge in [0.05, 0.1) is 33.9 Å². The third-order valence-electron chi connectivity index (χ3n) is 8.52. The second-order valence-corrected chi connectivity index (χ2v) is 11.7. The van der Waals surface area contributed by atoms with E-state index in [9.17, 15) is 18.4 Å². The third-order valence-corrected chi connectivity index (χ3v) is 8.52. The van der Waals surface area contributed by atoms with Gasteiger partial charge in [-0.25, -0.2) is 8.78 Å². The first kappa shape index (κ1) is 30.7. The van der Waals surface area contributed by atoms with Gasteiger partial charge in [0.25, 0.3) is 0 Å². The molecule has 0 unspecified atom stereocenters. The zero-order chi connectivity index (χ0) is 33.0. The van der Waals surface area contributed by atoms with Crippen LogP contribution in [0.15, 0.2) is 97.6 Å². The number of hydrogen-bond donors (Lipinski definition) is 4. The molecular weight excluding hydrogens is 610 g/mol. The van der Waals surface area contributed by atoms with Gasteiger partial charge in [-0.3, -0.25) is 19.6 Å². The summed E-state index contributed by atoms with van der Waals surface area (Å²) in [6.07, 6.45) is 11.4. The summed E-state index contributed by atoms with van der Waals surface area (Å²) in [5.41, 5.74) is 9.73. The number of nitrogens with one attached hydrogen (secondary N) is 4. The van der Waals surface area contributed by atoms with Crippen molar-refractivity contribution in [1.82, 2.24) is 19.9 Å². The second kappa shape index (κ2) is 13.4. The number of aryl methyl sites for hydroxylation is 2. The number of H-pyrrole nitrogens is 2. The maximum Gasteiger partial charge on any atom is 0.166 e. The minimum Gasteiger partial charge on any atom is -0.356 e. The molecule has 0 radical (unpaired) electrons. The van der Waals surface area contributed by atoms with Gasteiger partial charge in [-0.2, -0.15) is 0 Å². The van der Waals surface area contributed by atoms with Gasteiger partial charge in [0.15, 0.2) is 11.6 Å². The first-order chi connectivity index (χ1) is 23.4. The molecule has 48 heavy (non-hydrogen) atoms. The molecule has 2 aliphatic rings. The average molecular weight is 643 g/mol. The minimum absolute atomic E-state index is 0.117. The molecule has 8 nitrogen and oxygen atoms in total. The molecule has 4 N–H and O–H groups in total. The highest BCUT2D eigenvalue weighted by atomic mass is 19.1. The number of benzene rings is 2.